The van der Waals surface area contributed by atoms with E-state index in [2.05, 4.69) is 5.32 Å². The van der Waals surface area contributed by atoms with Crippen LogP contribution in [0.25, 0.3) is 0 Å². The number of anilines is 1. The van der Waals surface area contributed by atoms with Crippen LogP contribution in [0.4, 0.5) is 5.69 Å². The average molecular weight is 507 g/mol. The number of carbonyl (C=O) groups excluding carboxylic acids is 1. The Bertz CT molecular complexity index is 1280. The van der Waals surface area contributed by atoms with Gasteiger partial charge in [-0.3, -0.25) is 4.79 Å². The van der Waals surface area contributed by atoms with Gasteiger partial charge in [0.2, 0.25) is 15.9 Å². The number of ether oxygens (including phenoxy) is 1. The summed E-state index contributed by atoms with van der Waals surface area (Å²) >= 11 is 0. The standard InChI is InChI=1S/C29H34N2O4S/c1-21-18-22(2)29(23(3)19-21)36(33,34)31(25-10-6-4-7-11-25)20-28(32)30-24-14-16-27(17-15-24)35-26-12-8-5-9-13-26/h5,8-9,12-19,25H,4,6-7,10-11,20H2,1-3H3,(H,30,32). The first-order valence-electron chi connectivity index (χ1n) is 12.5. The number of benzene rings is 3. The number of amides is 1. The smallest absolute Gasteiger partial charge is 0.244 e. The first kappa shape index (κ1) is 25.9. The third-order valence-electron chi connectivity index (χ3n) is 6.57. The van der Waals surface area contributed by atoms with E-state index in [9.17, 15) is 13.2 Å². The highest BCUT2D eigenvalue weighted by Crippen LogP contribution is 2.31. The van der Waals surface area contributed by atoms with E-state index < -0.39 is 10.0 Å². The van der Waals surface area contributed by atoms with Crippen LogP contribution < -0.4 is 10.1 Å². The summed E-state index contributed by atoms with van der Waals surface area (Å²) in [6, 6.07) is 20.1. The molecule has 0 spiro atoms. The van der Waals surface area contributed by atoms with E-state index in [1.54, 1.807) is 24.3 Å². The molecule has 1 saturated carbocycles. The number of carbonyl (C=O) groups is 1. The van der Waals surface area contributed by atoms with Crippen LogP contribution in [0.3, 0.4) is 0 Å². The number of sulfonamides is 1. The van der Waals surface area contributed by atoms with Crippen molar-refractivity contribution in [3.63, 3.8) is 0 Å². The van der Waals surface area contributed by atoms with Gasteiger partial charge in [-0.15, -0.1) is 0 Å². The molecule has 0 radical (unpaired) electrons. The average Bonchev–Trinajstić information content (AvgIpc) is 2.84. The highest BCUT2D eigenvalue weighted by atomic mass is 32.2. The molecule has 7 heteroatoms. The summed E-state index contributed by atoms with van der Waals surface area (Å²) in [5.74, 6) is 1.02. The minimum Gasteiger partial charge on any atom is -0.457 e. The van der Waals surface area contributed by atoms with Gasteiger partial charge in [0.15, 0.2) is 0 Å². The van der Waals surface area contributed by atoms with Gasteiger partial charge >= 0.3 is 0 Å². The molecule has 1 aliphatic carbocycles. The summed E-state index contributed by atoms with van der Waals surface area (Å²) < 4.78 is 35.1. The molecule has 0 aliphatic heterocycles. The lowest BCUT2D eigenvalue weighted by atomic mass is 9.95. The highest BCUT2D eigenvalue weighted by molar-refractivity contribution is 7.89. The fourth-order valence-corrected chi connectivity index (χ4v) is 7.10. The molecule has 3 aromatic rings. The van der Waals surface area contributed by atoms with Crippen molar-refractivity contribution in [2.45, 2.75) is 63.8 Å². The maximum absolute atomic E-state index is 13.9. The molecule has 0 bridgehead atoms. The minimum atomic E-state index is -3.85. The molecule has 0 saturated heterocycles. The normalized spacial score (nSPS) is 14.6. The van der Waals surface area contributed by atoms with Crippen LogP contribution in [-0.4, -0.2) is 31.2 Å². The molecule has 1 N–H and O–H groups in total. The summed E-state index contributed by atoms with van der Waals surface area (Å²) in [5, 5.41) is 2.86. The van der Waals surface area contributed by atoms with Gasteiger partial charge in [-0.25, -0.2) is 8.42 Å². The SMILES string of the molecule is Cc1cc(C)c(S(=O)(=O)N(CC(=O)Nc2ccc(Oc3ccccc3)cc2)C2CCCCC2)c(C)c1. The van der Waals surface area contributed by atoms with Gasteiger partial charge in [-0.05, 0) is 81.1 Å². The molecule has 3 aromatic carbocycles. The number of hydrogen-bond acceptors (Lipinski definition) is 4. The van der Waals surface area contributed by atoms with Crippen molar-refractivity contribution in [1.29, 1.82) is 0 Å². The zero-order valence-corrected chi connectivity index (χ0v) is 22.0. The van der Waals surface area contributed by atoms with Gasteiger partial charge in [0, 0.05) is 11.7 Å². The Morgan fingerprint density at radius 1 is 0.889 bits per heavy atom. The van der Waals surface area contributed by atoms with E-state index in [0.717, 1.165) is 43.4 Å². The molecule has 190 valence electrons. The van der Waals surface area contributed by atoms with Crippen molar-refractivity contribution >= 4 is 21.6 Å². The number of para-hydroxylation sites is 1. The second kappa shape index (κ2) is 11.3. The predicted molar refractivity (Wildman–Crippen MR) is 143 cm³/mol. The van der Waals surface area contributed by atoms with Gasteiger partial charge in [-0.1, -0.05) is 55.2 Å². The van der Waals surface area contributed by atoms with E-state index in [4.69, 9.17) is 4.74 Å². The van der Waals surface area contributed by atoms with Crippen LogP contribution in [0.1, 0.15) is 48.8 Å². The maximum atomic E-state index is 13.9. The molecule has 1 fully saturated rings. The Kier molecular flexibility index (Phi) is 8.11. The van der Waals surface area contributed by atoms with Gasteiger partial charge in [0.05, 0.1) is 11.4 Å². The lowest BCUT2D eigenvalue weighted by molar-refractivity contribution is -0.116. The van der Waals surface area contributed by atoms with Crippen molar-refractivity contribution in [2.75, 3.05) is 11.9 Å². The lowest BCUT2D eigenvalue weighted by Crippen LogP contribution is -2.46. The topological polar surface area (TPSA) is 75.7 Å². The molecule has 0 aromatic heterocycles. The number of aryl methyl sites for hydroxylation is 3. The molecule has 1 aliphatic rings. The fraction of sp³-hybridized carbons (Fsp3) is 0.345. The van der Waals surface area contributed by atoms with Gasteiger partial charge in [0.1, 0.15) is 11.5 Å². The Hall–Kier alpha value is -3.16. The monoisotopic (exact) mass is 506 g/mol. The minimum absolute atomic E-state index is 0.184. The second-order valence-electron chi connectivity index (χ2n) is 9.56. The maximum Gasteiger partial charge on any atom is 0.244 e. The zero-order valence-electron chi connectivity index (χ0n) is 21.2. The van der Waals surface area contributed by atoms with E-state index in [-0.39, 0.29) is 18.5 Å². The number of rotatable bonds is 8. The molecular formula is C29H34N2O4S. The van der Waals surface area contributed by atoms with Crippen LogP contribution in [0, 0.1) is 20.8 Å². The predicted octanol–water partition coefficient (Wildman–Crippen LogP) is 6.37. The van der Waals surface area contributed by atoms with Crippen molar-refractivity contribution in [1.82, 2.24) is 4.31 Å². The van der Waals surface area contributed by atoms with Crippen LogP contribution in [-0.2, 0) is 14.8 Å². The zero-order chi connectivity index (χ0) is 25.7. The molecule has 36 heavy (non-hydrogen) atoms. The summed E-state index contributed by atoms with van der Waals surface area (Å²) in [4.78, 5) is 13.4. The van der Waals surface area contributed by atoms with Crippen LogP contribution in [0.5, 0.6) is 11.5 Å². The molecule has 6 nitrogen and oxygen atoms in total. The largest absolute Gasteiger partial charge is 0.457 e. The summed E-state index contributed by atoms with van der Waals surface area (Å²) in [6.07, 6.45) is 4.56. The first-order valence-corrected chi connectivity index (χ1v) is 13.9. The summed E-state index contributed by atoms with van der Waals surface area (Å²) in [6.45, 7) is 5.39. The quantitative estimate of drug-likeness (QED) is 0.385. The second-order valence-corrected chi connectivity index (χ2v) is 11.4. The Morgan fingerprint density at radius 2 is 1.47 bits per heavy atom. The van der Waals surface area contributed by atoms with Crippen molar-refractivity contribution in [2.24, 2.45) is 0 Å². The molecule has 4 rings (SSSR count). The molecule has 0 unspecified atom stereocenters. The summed E-state index contributed by atoms with van der Waals surface area (Å²) in [5.41, 5.74) is 3.03. The third-order valence-corrected chi connectivity index (χ3v) is 8.77. The fourth-order valence-electron chi connectivity index (χ4n) is 5.04. The Labute approximate surface area is 214 Å². The van der Waals surface area contributed by atoms with Crippen molar-refractivity contribution in [3.05, 3.63) is 83.4 Å². The van der Waals surface area contributed by atoms with Gasteiger partial charge < -0.3 is 10.1 Å². The number of nitrogens with zero attached hydrogens (tertiary/aromatic N) is 1. The number of hydrogen-bond donors (Lipinski definition) is 1. The van der Waals surface area contributed by atoms with E-state index in [1.807, 2.05) is 63.2 Å². The Morgan fingerprint density at radius 3 is 2.08 bits per heavy atom. The van der Waals surface area contributed by atoms with Gasteiger partial charge in [-0.2, -0.15) is 4.31 Å². The lowest BCUT2D eigenvalue weighted by Gasteiger charge is -2.33. The van der Waals surface area contributed by atoms with Crippen LogP contribution in [0.15, 0.2) is 71.6 Å². The van der Waals surface area contributed by atoms with Crippen LogP contribution in [0.2, 0.25) is 0 Å². The van der Waals surface area contributed by atoms with Crippen molar-refractivity contribution in [3.8, 4) is 11.5 Å². The highest BCUT2D eigenvalue weighted by Gasteiger charge is 2.35. The molecule has 0 heterocycles. The summed E-state index contributed by atoms with van der Waals surface area (Å²) in [7, 11) is -3.85. The molecular weight excluding hydrogens is 472 g/mol. The molecule has 0 atom stereocenters. The van der Waals surface area contributed by atoms with Crippen LogP contribution >= 0.6 is 0 Å². The van der Waals surface area contributed by atoms with E-state index in [0.29, 0.717) is 27.5 Å². The van der Waals surface area contributed by atoms with E-state index in [1.165, 1.54) is 4.31 Å². The van der Waals surface area contributed by atoms with E-state index >= 15 is 0 Å². The number of nitrogens with one attached hydrogen (secondary N) is 1. The Balaban J connectivity index is 1.52. The first-order chi connectivity index (χ1) is 17.2. The third kappa shape index (κ3) is 6.15. The van der Waals surface area contributed by atoms with Gasteiger partial charge in [0.25, 0.3) is 0 Å². The van der Waals surface area contributed by atoms with Crippen molar-refractivity contribution < 1.29 is 17.9 Å². The molecule has 1 amide bonds.